The Bertz CT molecular complexity index is 2640. The first kappa shape index (κ1) is 40.2. The molecule has 3 heterocycles. The van der Waals surface area contributed by atoms with Crippen molar-refractivity contribution >= 4 is 40.5 Å². The van der Waals surface area contributed by atoms with E-state index in [1.54, 1.807) is 0 Å². The van der Waals surface area contributed by atoms with Crippen LogP contribution in [0.3, 0.4) is 0 Å². The van der Waals surface area contributed by atoms with Crippen LogP contribution in [0.15, 0.2) is 109 Å². The Morgan fingerprint density at radius 1 is 0.544 bits per heavy atom. The molecule has 7 rings (SSSR count). The second kappa shape index (κ2) is 13.8. The van der Waals surface area contributed by atoms with Crippen LogP contribution in [0.2, 0.25) is 13.1 Å². The molecule has 3 aromatic heterocycles. The maximum atomic E-state index is 12.3. The maximum Gasteiger partial charge on any atom is 0.146 e. The highest BCUT2D eigenvalue weighted by atomic mass is 28.3. The van der Waals surface area contributed by atoms with Gasteiger partial charge in [0.15, 0.2) is 0 Å². The van der Waals surface area contributed by atoms with Crippen molar-refractivity contribution in [1.82, 2.24) is 14.5 Å². The monoisotopic (exact) mass is 771 g/mol. The minimum atomic E-state index is -2.25. The van der Waals surface area contributed by atoms with Gasteiger partial charge in [0.2, 0.25) is 0 Å². The normalized spacial score (nSPS) is 13.2. The van der Waals surface area contributed by atoms with Gasteiger partial charge in [-0.25, -0.2) is 4.98 Å². The molecule has 4 aromatic carbocycles. The molecule has 0 aliphatic carbocycles. The van der Waals surface area contributed by atoms with Crippen molar-refractivity contribution in [2.45, 2.75) is 118 Å². The molecule has 0 saturated heterocycles. The van der Waals surface area contributed by atoms with Crippen LogP contribution in [-0.4, -0.2) is 27.7 Å². The lowest BCUT2D eigenvalue weighted by molar-refractivity contribution is 0.442. The van der Waals surface area contributed by atoms with Crippen molar-refractivity contribution in [2.75, 3.05) is 0 Å². The fourth-order valence-electron chi connectivity index (χ4n) is 8.02. The van der Waals surface area contributed by atoms with Gasteiger partial charge in [-0.1, -0.05) is 168 Å². The maximum absolute atomic E-state index is 12.3. The topological polar surface area (TPSA) is 50.9 Å². The van der Waals surface area contributed by atoms with Crippen molar-refractivity contribution in [3.63, 3.8) is 0 Å². The van der Waals surface area contributed by atoms with Crippen LogP contribution in [0.5, 0.6) is 5.75 Å². The molecule has 0 fully saturated rings. The van der Waals surface area contributed by atoms with Crippen LogP contribution in [0.1, 0.15) is 105 Å². The average Bonchev–Trinajstić information content (AvgIpc) is 3.46. The van der Waals surface area contributed by atoms with E-state index in [1.165, 1.54) is 33.0 Å². The van der Waals surface area contributed by atoms with Gasteiger partial charge in [-0.3, -0.25) is 9.55 Å². The fraction of sp³-hybridized carbons (Fsp3) is 0.346. The molecule has 0 saturated carbocycles. The Morgan fingerprint density at radius 3 is 1.82 bits per heavy atom. The number of fused-ring (bicyclic) bond motifs is 3. The van der Waals surface area contributed by atoms with E-state index in [4.69, 9.17) is 9.97 Å². The number of rotatable bonds is 5. The molecular weight excluding hydrogens is 711 g/mol. The molecule has 0 bridgehead atoms. The zero-order chi connectivity index (χ0) is 41.5. The van der Waals surface area contributed by atoms with Crippen molar-refractivity contribution in [3.8, 4) is 33.8 Å². The molecule has 0 atom stereocenters. The van der Waals surface area contributed by atoms with E-state index in [0.29, 0.717) is 5.75 Å². The highest BCUT2D eigenvalue weighted by Gasteiger charge is 2.32. The second-order valence-electron chi connectivity index (χ2n) is 20.7. The molecule has 57 heavy (non-hydrogen) atoms. The largest absolute Gasteiger partial charge is 0.505 e. The second-order valence-corrected chi connectivity index (χ2v) is 25.1. The molecule has 0 unspecified atom stereocenters. The SMILES string of the molecule is CC(C)(C)c1cc(-n2c3ccc(C(C)(C)C)cc3c3cc(C(C)(C)C)c(-c4cccc([Si](C)(C)c5cc(-c6ccccc6)ccn5)c4)nc32)c(O)c(C(C)(C)C)c1. The number of aromatic hydroxyl groups is 1. The van der Waals surface area contributed by atoms with Gasteiger partial charge in [-0.05, 0) is 85.9 Å². The molecule has 0 radical (unpaired) electrons. The summed E-state index contributed by atoms with van der Waals surface area (Å²) in [7, 11) is -2.25. The highest BCUT2D eigenvalue weighted by molar-refractivity contribution is 7.00. The first-order chi connectivity index (χ1) is 26.5. The Kier molecular flexibility index (Phi) is 9.76. The Hall–Kier alpha value is -5.00. The number of phenols is 1. The van der Waals surface area contributed by atoms with E-state index >= 15 is 0 Å². The van der Waals surface area contributed by atoms with Crippen LogP contribution in [-0.2, 0) is 21.7 Å². The molecular formula is C52H61N3OSi. The minimum Gasteiger partial charge on any atom is -0.505 e. The zero-order valence-corrected chi connectivity index (χ0v) is 37.7. The summed E-state index contributed by atoms with van der Waals surface area (Å²) in [5.74, 6) is 0.303. The third-order valence-electron chi connectivity index (χ3n) is 11.8. The van der Waals surface area contributed by atoms with Crippen LogP contribution in [0.4, 0.5) is 0 Å². The molecule has 0 spiro atoms. The van der Waals surface area contributed by atoms with Crippen molar-refractivity contribution in [3.05, 3.63) is 132 Å². The summed E-state index contributed by atoms with van der Waals surface area (Å²) in [6.45, 7) is 31.7. The molecule has 0 aliphatic heterocycles. The Balaban J connectivity index is 1.53. The molecule has 5 heteroatoms. The van der Waals surface area contributed by atoms with Crippen LogP contribution in [0.25, 0.3) is 50.0 Å². The van der Waals surface area contributed by atoms with Gasteiger partial charge in [-0.15, -0.1) is 0 Å². The summed E-state index contributed by atoms with van der Waals surface area (Å²) in [5.41, 5.74) is 11.0. The zero-order valence-electron chi connectivity index (χ0n) is 36.7. The van der Waals surface area contributed by atoms with Gasteiger partial charge in [0.25, 0.3) is 0 Å². The van der Waals surface area contributed by atoms with Gasteiger partial charge >= 0.3 is 0 Å². The molecule has 4 nitrogen and oxygen atoms in total. The van der Waals surface area contributed by atoms with Crippen LogP contribution in [0, 0.1) is 0 Å². The first-order valence-corrected chi connectivity index (χ1v) is 23.5. The molecule has 0 amide bonds. The smallest absolute Gasteiger partial charge is 0.146 e. The van der Waals surface area contributed by atoms with E-state index in [9.17, 15) is 5.11 Å². The molecule has 7 aromatic rings. The standard InChI is InChI=1S/C52H61N3OSi/c1-49(2,3)36-23-24-43-39(29-36)40-32-41(51(7,8)9)46(54-48(40)55(43)44-31-37(50(4,5)6)30-42(47(44)56)52(10,11)12)35-21-18-22-38(27-35)57(13,14)45-28-34(25-26-53-45)33-19-16-15-17-20-33/h15-32,56H,1-14H3. The lowest BCUT2D eigenvalue weighted by Crippen LogP contribution is -2.54. The van der Waals surface area contributed by atoms with E-state index in [0.717, 1.165) is 49.8 Å². The van der Waals surface area contributed by atoms with Crippen molar-refractivity contribution in [1.29, 1.82) is 0 Å². The van der Waals surface area contributed by atoms with Gasteiger partial charge in [0, 0.05) is 33.4 Å². The van der Waals surface area contributed by atoms with Crippen molar-refractivity contribution in [2.24, 2.45) is 0 Å². The summed E-state index contributed by atoms with van der Waals surface area (Å²) in [6, 6.07) is 37.6. The number of nitrogens with zero attached hydrogens (tertiary/aromatic N) is 3. The predicted molar refractivity (Wildman–Crippen MR) is 247 cm³/mol. The van der Waals surface area contributed by atoms with Crippen molar-refractivity contribution < 1.29 is 5.11 Å². The minimum absolute atomic E-state index is 0.0386. The quantitative estimate of drug-likeness (QED) is 0.177. The summed E-state index contributed by atoms with van der Waals surface area (Å²) in [4.78, 5) is 10.7. The number of hydrogen-bond acceptors (Lipinski definition) is 3. The number of pyridine rings is 2. The van der Waals surface area contributed by atoms with E-state index in [-0.39, 0.29) is 21.7 Å². The van der Waals surface area contributed by atoms with Gasteiger partial charge in [0.05, 0.1) is 16.9 Å². The van der Waals surface area contributed by atoms with Crippen LogP contribution < -0.4 is 10.5 Å². The fourth-order valence-corrected chi connectivity index (χ4v) is 10.3. The number of phenolic OH excluding ortho intramolecular Hbond substituents is 1. The van der Waals surface area contributed by atoms with E-state index < -0.39 is 8.07 Å². The van der Waals surface area contributed by atoms with Gasteiger partial charge in [-0.2, -0.15) is 0 Å². The average molecular weight is 772 g/mol. The highest BCUT2D eigenvalue weighted by Crippen LogP contribution is 2.45. The molecule has 0 aliphatic rings. The number of aromatic nitrogens is 3. The summed E-state index contributed by atoms with van der Waals surface area (Å²) >= 11 is 0. The third-order valence-corrected chi connectivity index (χ3v) is 15.1. The summed E-state index contributed by atoms with van der Waals surface area (Å²) in [6.07, 6.45) is 1.96. The van der Waals surface area contributed by atoms with Crippen LogP contribution >= 0.6 is 0 Å². The van der Waals surface area contributed by atoms with Gasteiger partial charge in [0.1, 0.15) is 19.5 Å². The number of benzene rings is 4. The lowest BCUT2D eigenvalue weighted by atomic mass is 9.79. The lowest BCUT2D eigenvalue weighted by Gasteiger charge is -2.28. The Morgan fingerprint density at radius 2 is 1.19 bits per heavy atom. The predicted octanol–water partition coefficient (Wildman–Crippen LogP) is 12.6. The third kappa shape index (κ3) is 7.47. The van der Waals surface area contributed by atoms with Gasteiger partial charge < -0.3 is 5.11 Å². The molecule has 294 valence electrons. The summed E-state index contributed by atoms with van der Waals surface area (Å²) < 4.78 is 2.23. The Labute approximate surface area is 342 Å². The number of hydrogen-bond donors (Lipinski definition) is 1. The first-order valence-electron chi connectivity index (χ1n) is 20.5. The molecule has 1 N–H and O–H groups in total. The summed E-state index contributed by atoms with van der Waals surface area (Å²) in [5, 5.41) is 17.0. The van der Waals surface area contributed by atoms with E-state index in [1.807, 2.05) is 6.20 Å². The van der Waals surface area contributed by atoms with E-state index in [2.05, 4.69) is 204 Å².